The molecule has 35 heavy (non-hydrogen) atoms. The molecule has 7 heteroatoms. The van der Waals surface area contributed by atoms with Gasteiger partial charge in [0.25, 0.3) is 11.5 Å². The van der Waals surface area contributed by atoms with E-state index in [4.69, 9.17) is 0 Å². The van der Waals surface area contributed by atoms with E-state index in [1.54, 1.807) is 16.7 Å². The van der Waals surface area contributed by atoms with Crippen LogP contribution in [-0.2, 0) is 4.79 Å². The molecule has 1 N–H and O–H groups in total. The Hall–Kier alpha value is -4.23. The molecule has 1 heterocycles. The van der Waals surface area contributed by atoms with Gasteiger partial charge >= 0.3 is 0 Å². The van der Waals surface area contributed by atoms with Crippen molar-refractivity contribution in [3.8, 4) is 5.69 Å². The zero-order valence-corrected chi connectivity index (χ0v) is 19.8. The molecule has 1 amide bonds. The number of para-hydroxylation sites is 2. The summed E-state index contributed by atoms with van der Waals surface area (Å²) in [5.41, 5.74) is 5.44. The van der Waals surface area contributed by atoms with E-state index in [1.165, 1.54) is 11.8 Å². The SMILES string of the molecule is C/C(=N\NC(=O)CSc1nc2ccccc2c(=O)n1-c1ccccc1)c1cccc2ccccc12. The van der Waals surface area contributed by atoms with Gasteiger partial charge in [-0.15, -0.1) is 0 Å². The molecule has 0 saturated carbocycles. The van der Waals surface area contributed by atoms with Gasteiger partial charge in [0, 0.05) is 5.56 Å². The van der Waals surface area contributed by atoms with Crippen LogP contribution in [-0.4, -0.2) is 26.9 Å². The van der Waals surface area contributed by atoms with E-state index in [2.05, 4.69) is 15.5 Å². The van der Waals surface area contributed by atoms with Crippen LogP contribution in [0.1, 0.15) is 12.5 Å². The first-order chi connectivity index (χ1) is 17.1. The molecule has 0 unspecified atom stereocenters. The van der Waals surface area contributed by atoms with Gasteiger partial charge in [0.15, 0.2) is 5.16 Å². The topological polar surface area (TPSA) is 76.3 Å². The summed E-state index contributed by atoms with van der Waals surface area (Å²) < 4.78 is 1.55. The van der Waals surface area contributed by atoms with Crippen LogP contribution in [0.25, 0.3) is 27.4 Å². The first-order valence-electron chi connectivity index (χ1n) is 11.1. The highest BCUT2D eigenvalue weighted by Crippen LogP contribution is 2.22. The van der Waals surface area contributed by atoms with Gasteiger partial charge in [0.05, 0.1) is 28.1 Å². The molecule has 0 saturated heterocycles. The zero-order chi connectivity index (χ0) is 24.2. The normalized spacial score (nSPS) is 11.6. The van der Waals surface area contributed by atoms with Gasteiger partial charge in [-0.1, -0.05) is 84.6 Å². The van der Waals surface area contributed by atoms with Crippen molar-refractivity contribution in [2.24, 2.45) is 5.10 Å². The van der Waals surface area contributed by atoms with Crippen molar-refractivity contribution in [2.75, 3.05) is 5.75 Å². The fourth-order valence-electron chi connectivity index (χ4n) is 3.92. The molecule has 0 atom stereocenters. The minimum Gasteiger partial charge on any atom is -0.272 e. The molecule has 1 aromatic heterocycles. The third-order valence-corrected chi connectivity index (χ3v) is 6.56. The molecular formula is C28H22N4O2S. The molecule has 0 spiro atoms. The van der Waals surface area contributed by atoms with Crippen LogP contribution in [0.15, 0.2) is 112 Å². The number of benzene rings is 4. The lowest BCUT2D eigenvalue weighted by Gasteiger charge is -2.13. The number of nitrogens with one attached hydrogen (secondary N) is 1. The summed E-state index contributed by atoms with van der Waals surface area (Å²) in [5, 5.41) is 7.49. The molecule has 0 aliphatic heterocycles. The van der Waals surface area contributed by atoms with Gasteiger partial charge < -0.3 is 0 Å². The smallest absolute Gasteiger partial charge is 0.266 e. The van der Waals surface area contributed by atoms with Crippen LogP contribution < -0.4 is 11.0 Å². The summed E-state index contributed by atoms with van der Waals surface area (Å²) in [6.45, 7) is 1.87. The van der Waals surface area contributed by atoms with E-state index in [9.17, 15) is 9.59 Å². The van der Waals surface area contributed by atoms with Crippen molar-refractivity contribution < 1.29 is 4.79 Å². The minimum absolute atomic E-state index is 0.0595. The van der Waals surface area contributed by atoms with Gasteiger partial charge in [0.1, 0.15) is 0 Å². The average Bonchev–Trinajstić information content (AvgIpc) is 2.90. The van der Waals surface area contributed by atoms with Crippen molar-refractivity contribution in [3.63, 3.8) is 0 Å². The number of amides is 1. The number of nitrogens with zero attached hydrogens (tertiary/aromatic N) is 3. The van der Waals surface area contributed by atoms with E-state index in [-0.39, 0.29) is 17.2 Å². The summed E-state index contributed by atoms with van der Waals surface area (Å²) in [4.78, 5) is 30.6. The third kappa shape index (κ3) is 4.72. The second-order valence-corrected chi connectivity index (χ2v) is 8.88. The molecule has 5 aromatic rings. The first-order valence-corrected chi connectivity index (χ1v) is 12.1. The first kappa shape index (κ1) is 22.6. The van der Waals surface area contributed by atoms with Crippen LogP contribution in [0, 0.1) is 0 Å². The Morgan fingerprint density at radius 1 is 0.886 bits per heavy atom. The maximum absolute atomic E-state index is 13.3. The molecule has 0 aliphatic rings. The number of thioether (sulfide) groups is 1. The monoisotopic (exact) mass is 478 g/mol. The van der Waals surface area contributed by atoms with E-state index >= 15 is 0 Å². The van der Waals surface area contributed by atoms with Crippen molar-refractivity contribution in [1.82, 2.24) is 15.0 Å². The number of fused-ring (bicyclic) bond motifs is 2. The molecular weight excluding hydrogens is 456 g/mol. The number of hydrogen-bond acceptors (Lipinski definition) is 5. The molecule has 0 fully saturated rings. The lowest BCUT2D eigenvalue weighted by Crippen LogP contribution is -2.24. The number of hydrazone groups is 1. The predicted molar refractivity (Wildman–Crippen MR) is 142 cm³/mol. The molecule has 4 aromatic carbocycles. The Balaban J connectivity index is 1.38. The van der Waals surface area contributed by atoms with Crippen LogP contribution in [0.2, 0.25) is 0 Å². The maximum atomic E-state index is 13.3. The Bertz CT molecular complexity index is 1620. The molecule has 0 aliphatic carbocycles. The van der Waals surface area contributed by atoms with Crippen LogP contribution in [0.4, 0.5) is 0 Å². The van der Waals surface area contributed by atoms with Crippen LogP contribution in [0.5, 0.6) is 0 Å². The third-order valence-electron chi connectivity index (χ3n) is 5.62. The van der Waals surface area contributed by atoms with Crippen molar-refractivity contribution in [1.29, 1.82) is 0 Å². The highest BCUT2D eigenvalue weighted by atomic mass is 32.2. The Labute approximate surface area is 206 Å². The summed E-state index contributed by atoms with van der Waals surface area (Å²) >= 11 is 1.20. The number of hydrogen-bond donors (Lipinski definition) is 1. The molecule has 0 bridgehead atoms. The summed E-state index contributed by atoms with van der Waals surface area (Å²) in [5.74, 6) is -0.221. The Kier molecular flexibility index (Phi) is 6.41. The van der Waals surface area contributed by atoms with E-state index < -0.39 is 0 Å². The molecule has 5 rings (SSSR count). The summed E-state index contributed by atoms with van der Waals surface area (Å²) in [7, 11) is 0. The van der Waals surface area contributed by atoms with E-state index in [0.717, 1.165) is 16.3 Å². The van der Waals surface area contributed by atoms with Gasteiger partial charge in [0.2, 0.25) is 0 Å². The number of carbonyl (C=O) groups is 1. The van der Waals surface area contributed by atoms with Gasteiger partial charge in [-0.3, -0.25) is 14.2 Å². The lowest BCUT2D eigenvalue weighted by atomic mass is 10.0. The fraction of sp³-hybridized carbons (Fsp3) is 0.0714. The Morgan fingerprint density at radius 2 is 1.57 bits per heavy atom. The summed E-state index contributed by atoms with van der Waals surface area (Å²) in [6, 6.07) is 30.6. The van der Waals surface area contributed by atoms with Crippen molar-refractivity contribution in [3.05, 3.63) is 113 Å². The Morgan fingerprint density at radius 3 is 2.40 bits per heavy atom. The summed E-state index contributed by atoms with van der Waals surface area (Å²) in [6.07, 6.45) is 0. The predicted octanol–water partition coefficient (Wildman–Crippen LogP) is 5.17. The zero-order valence-electron chi connectivity index (χ0n) is 19.0. The van der Waals surface area contributed by atoms with E-state index in [0.29, 0.717) is 27.5 Å². The van der Waals surface area contributed by atoms with Crippen LogP contribution >= 0.6 is 11.8 Å². The van der Waals surface area contributed by atoms with Crippen LogP contribution in [0.3, 0.4) is 0 Å². The number of rotatable bonds is 6. The van der Waals surface area contributed by atoms with E-state index in [1.807, 2.05) is 91.9 Å². The maximum Gasteiger partial charge on any atom is 0.266 e. The highest BCUT2D eigenvalue weighted by molar-refractivity contribution is 7.99. The molecule has 6 nitrogen and oxygen atoms in total. The lowest BCUT2D eigenvalue weighted by molar-refractivity contribution is -0.118. The largest absolute Gasteiger partial charge is 0.272 e. The standard InChI is InChI=1S/C28H22N4O2S/c1-19(22-16-9-11-20-10-5-6-14-23(20)22)30-31-26(33)18-35-28-29-25-17-8-7-15-24(25)27(34)32(28)21-12-3-2-4-13-21/h2-17H,18H2,1H3,(H,31,33)/b30-19+. The number of carbonyl (C=O) groups excluding carboxylic acids is 1. The number of aromatic nitrogens is 2. The van der Waals surface area contributed by atoms with Gasteiger partial charge in [-0.05, 0) is 42.0 Å². The van der Waals surface area contributed by atoms with Crippen molar-refractivity contribution >= 4 is 45.1 Å². The van der Waals surface area contributed by atoms with Gasteiger partial charge in [-0.2, -0.15) is 5.10 Å². The molecule has 0 radical (unpaired) electrons. The average molecular weight is 479 g/mol. The van der Waals surface area contributed by atoms with Gasteiger partial charge in [-0.25, -0.2) is 10.4 Å². The second kappa shape index (κ2) is 9.95. The second-order valence-electron chi connectivity index (χ2n) is 7.94. The highest BCUT2D eigenvalue weighted by Gasteiger charge is 2.14. The van der Waals surface area contributed by atoms with Crippen molar-refractivity contribution in [2.45, 2.75) is 12.1 Å². The minimum atomic E-state index is -0.281. The fourth-order valence-corrected chi connectivity index (χ4v) is 4.73. The molecule has 172 valence electrons. The quantitative estimate of drug-likeness (QED) is 0.158.